The van der Waals surface area contributed by atoms with E-state index in [1.54, 1.807) is 38.1 Å². The second-order valence-electron chi connectivity index (χ2n) is 7.78. The first kappa shape index (κ1) is 22.6. The van der Waals surface area contributed by atoms with Crippen molar-refractivity contribution in [1.82, 2.24) is 9.55 Å². The van der Waals surface area contributed by atoms with Crippen LogP contribution in [0.3, 0.4) is 0 Å². The number of nitro benzene ring substituents is 1. The fourth-order valence-corrected chi connectivity index (χ4v) is 5.25. The number of aryl methyl sites for hydroxylation is 2. The molecule has 0 spiro atoms. The molecular weight excluding hydrogens is 494 g/mol. The lowest BCUT2D eigenvalue weighted by molar-refractivity contribution is -0.384. The van der Waals surface area contributed by atoms with Gasteiger partial charge in [-0.15, -0.1) is 0 Å². The van der Waals surface area contributed by atoms with Crippen molar-refractivity contribution in [2.24, 2.45) is 0 Å². The number of hydrogen-bond acceptors (Lipinski definition) is 8. The summed E-state index contributed by atoms with van der Waals surface area (Å²) in [6.07, 6.45) is 0. The highest BCUT2D eigenvalue weighted by molar-refractivity contribution is 7.21. The van der Waals surface area contributed by atoms with Gasteiger partial charge in [0.05, 0.1) is 31.5 Å². The summed E-state index contributed by atoms with van der Waals surface area (Å²) < 4.78 is 7.39. The molecule has 35 heavy (non-hydrogen) atoms. The fraction of sp³-hybridized carbons (Fsp3) is 0.0833. The molecule has 5 rings (SSSR count). The third-order valence-corrected chi connectivity index (χ3v) is 6.82. The Balaban J connectivity index is 1.85. The number of aromatic hydroxyl groups is 2. The first-order chi connectivity index (χ1) is 16.7. The number of aromatic nitrogens is 2. The van der Waals surface area contributed by atoms with Gasteiger partial charge in [0.25, 0.3) is 5.69 Å². The number of nitrogens with zero attached hydrogens (tertiary/aromatic N) is 3. The summed E-state index contributed by atoms with van der Waals surface area (Å²) in [5.74, 6) is -1.11. The highest BCUT2D eigenvalue weighted by atomic mass is 35.5. The molecule has 0 bridgehead atoms. The Morgan fingerprint density at radius 1 is 1.17 bits per heavy atom. The van der Waals surface area contributed by atoms with Crippen LogP contribution in [-0.2, 0) is 0 Å². The van der Waals surface area contributed by atoms with Gasteiger partial charge in [-0.25, -0.2) is 4.98 Å². The summed E-state index contributed by atoms with van der Waals surface area (Å²) in [6.45, 7) is 3.29. The smallest absolute Gasteiger partial charge is 0.270 e. The van der Waals surface area contributed by atoms with Gasteiger partial charge >= 0.3 is 0 Å². The van der Waals surface area contributed by atoms with E-state index in [2.05, 4.69) is 4.98 Å². The zero-order chi connectivity index (χ0) is 25.0. The standard InChI is InChI=1S/C24H16ClN3O6S/c1-11-9-15(12(2)34-11)21(29)18-20(13-5-3-6-14(10-13)28(32)33)27(23(31)22(18)30)24-26-19-16(25)7-4-8-17(19)35-24/h3-10,30-31H,1-2H3. The van der Waals surface area contributed by atoms with E-state index in [0.717, 1.165) is 0 Å². The molecule has 2 N–H and O–H groups in total. The van der Waals surface area contributed by atoms with Crippen LogP contribution in [0.4, 0.5) is 5.69 Å². The van der Waals surface area contributed by atoms with E-state index < -0.39 is 22.3 Å². The van der Waals surface area contributed by atoms with Crippen LogP contribution >= 0.6 is 22.9 Å². The Morgan fingerprint density at radius 2 is 1.91 bits per heavy atom. The summed E-state index contributed by atoms with van der Waals surface area (Å²) in [4.78, 5) is 29.0. The van der Waals surface area contributed by atoms with Crippen molar-refractivity contribution >= 4 is 44.6 Å². The lowest BCUT2D eigenvalue weighted by Gasteiger charge is -2.09. The van der Waals surface area contributed by atoms with Gasteiger partial charge in [0, 0.05) is 17.7 Å². The molecule has 0 aliphatic rings. The van der Waals surface area contributed by atoms with Crippen LogP contribution in [0.25, 0.3) is 26.6 Å². The highest BCUT2D eigenvalue weighted by Gasteiger charge is 2.33. The van der Waals surface area contributed by atoms with E-state index in [1.165, 1.54) is 40.2 Å². The number of rotatable bonds is 5. The summed E-state index contributed by atoms with van der Waals surface area (Å²) in [5, 5.41) is 34.0. The molecule has 0 unspecified atom stereocenters. The molecule has 2 aromatic carbocycles. The Morgan fingerprint density at radius 3 is 2.57 bits per heavy atom. The van der Waals surface area contributed by atoms with Gasteiger partial charge in [0.1, 0.15) is 17.0 Å². The summed E-state index contributed by atoms with van der Waals surface area (Å²) in [5.41, 5.74) is 0.464. The number of hydrogen-bond donors (Lipinski definition) is 2. The van der Waals surface area contributed by atoms with Gasteiger partial charge in [0.15, 0.2) is 10.9 Å². The Labute approximate surface area is 206 Å². The van der Waals surface area contributed by atoms with Crippen molar-refractivity contribution in [2.75, 3.05) is 0 Å². The van der Waals surface area contributed by atoms with Crippen molar-refractivity contribution in [3.63, 3.8) is 0 Å². The van der Waals surface area contributed by atoms with Crippen molar-refractivity contribution < 1.29 is 24.3 Å². The number of furan rings is 1. The van der Waals surface area contributed by atoms with E-state index in [0.29, 0.717) is 26.8 Å². The number of carbonyl (C=O) groups is 1. The Kier molecular flexibility index (Phi) is 5.34. The molecule has 0 fully saturated rings. The number of non-ortho nitro benzene ring substituents is 1. The van der Waals surface area contributed by atoms with Crippen molar-refractivity contribution in [3.8, 4) is 28.0 Å². The van der Waals surface area contributed by atoms with Crippen LogP contribution in [0, 0.1) is 24.0 Å². The molecule has 5 aromatic rings. The van der Waals surface area contributed by atoms with Crippen LogP contribution in [0.1, 0.15) is 27.4 Å². The quantitative estimate of drug-likeness (QED) is 0.164. The lowest BCUT2D eigenvalue weighted by Crippen LogP contribution is -2.05. The molecule has 3 heterocycles. The number of thiazole rings is 1. The minimum absolute atomic E-state index is 0.0436. The van der Waals surface area contributed by atoms with Gasteiger partial charge < -0.3 is 14.6 Å². The maximum atomic E-state index is 13.6. The number of nitro groups is 1. The first-order valence-electron chi connectivity index (χ1n) is 10.3. The molecule has 3 aromatic heterocycles. The molecule has 9 nitrogen and oxygen atoms in total. The number of fused-ring (bicyclic) bond motifs is 1. The minimum atomic E-state index is -0.680. The monoisotopic (exact) mass is 509 g/mol. The average Bonchev–Trinajstić information content (AvgIpc) is 3.48. The van der Waals surface area contributed by atoms with Crippen molar-refractivity contribution in [3.05, 3.63) is 86.3 Å². The lowest BCUT2D eigenvalue weighted by atomic mass is 9.99. The molecule has 0 radical (unpaired) electrons. The average molecular weight is 510 g/mol. The molecule has 176 valence electrons. The number of para-hydroxylation sites is 1. The summed E-state index contributed by atoms with van der Waals surface area (Å²) in [7, 11) is 0. The molecule has 0 atom stereocenters. The zero-order valence-electron chi connectivity index (χ0n) is 18.3. The van der Waals surface area contributed by atoms with Gasteiger partial charge in [-0.1, -0.05) is 41.1 Å². The summed E-state index contributed by atoms with van der Waals surface area (Å²) in [6, 6.07) is 12.3. The molecular formula is C24H16ClN3O6S. The van der Waals surface area contributed by atoms with Gasteiger partial charge in [-0.05, 0) is 32.0 Å². The van der Waals surface area contributed by atoms with Gasteiger partial charge in [-0.2, -0.15) is 0 Å². The predicted molar refractivity (Wildman–Crippen MR) is 131 cm³/mol. The van der Waals surface area contributed by atoms with Crippen LogP contribution in [-0.4, -0.2) is 30.5 Å². The van der Waals surface area contributed by atoms with E-state index in [9.17, 15) is 25.1 Å². The second-order valence-corrected chi connectivity index (χ2v) is 9.19. The topological polar surface area (TPSA) is 132 Å². The van der Waals surface area contributed by atoms with Crippen molar-refractivity contribution in [1.29, 1.82) is 0 Å². The van der Waals surface area contributed by atoms with Crippen LogP contribution in [0.2, 0.25) is 5.02 Å². The number of halogens is 1. The molecule has 0 aliphatic heterocycles. The number of benzene rings is 2. The van der Waals surface area contributed by atoms with Crippen LogP contribution < -0.4 is 0 Å². The number of carbonyl (C=O) groups excluding carboxylic acids is 1. The Bertz CT molecular complexity index is 1670. The minimum Gasteiger partial charge on any atom is -0.503 e. The number of ketones is 1. The van der Waals surface area contributed by atoms with Gasteiger partial charge in [-0.3, -0.25) is 19.5 Å². The Hall–Kier alpha value is -4.15. The maximum Gasteiger partial charge on any atom is 0.270 e. The zero-order valence-corrected chi connectivity index (χ0v) is 19.8. The van der Waals surface area contributed by atoms with Crippen LogP contribution in [0.15, 0.2) is 52.9 Å². The molecule has 11 heteroatoms. The van der Waals surface area contributed by atoms with E-state index in [1.807, 2.05) is 0 Å². The molecule has 0 aliphatic carbocycles. The fourth-order valence-electron chi connectivity index (χ4n) is 3.98. The van der Waals surface area contributed by atoms with Crippen LogP contribution in [0.5, 0.6) is 11.6 Å². The summed E-state index contributed by atoms with van der Waals surface area (Å²) >= 11 is 7.45. The SMILES string of the molecule is Cc1cc(C(=O)c2c(O)c(O)n(-c3nc4c(Cl)cccc4s3)c2-c2cccc([N+](=O)[O-])c2)c(C)o1. The first-order valence-corrected chi connectivity index (χ1v) is 11.5. The molecule has 0 amide bonds. The largest absolute Gasteiger partial charge is 0.503 e. The van der Waals surface area contributed by atoms with Crippen molar-refractivity contribution in [2.45, 2.75) is 13.8 Å². The third-order valence-electron chi connectivity index (χ3n) is 5.51. The highest BCUT2D eigenvalue weighted by Crippen LogP contribution is 2.46. The predicted octanol–water partition coefficient (Wildman–Crippen LogP) is 6.17. The van der Waals surface area contributed by atoms with E-state index in [-0.39, 0.29) is 33.2 Å². The molecule has 0 saturated carbocycles. The molecule has 0 saturated heterocycles. The third kappa shape index (κ3) is 3.63. The van der Waals surface area contributed by atoms with E-state index in [4.69, 9.17) is 16.0 Å². The normalized spacial score (nSPS) is 11.3. The van der Waals surface area contributed by atoms with E-state index >= 15 is 0 Å². The van der Waals surface area contributed by atoms with Gasteiger partial charge in [0.2, 0.25) is 11.7 Å². The maximum absolute atomic E-state index is 13.6. The second kappa shape index (κ2) is 8.26.